The summed E-state index contributed by atoms with van der Waals surface area (Å²) >= 11 is 0. The predicted molar refractivity (Wildman–Crippen MR) is 60.3 cm³/mol. The lowest BCUT2D eigenvalue weighted by molar-refractivity contribution is 0.0957. The largest absolute Gasteiger partial charge is 0.496 e. The van der Waals surface area contributed by atoms with E-state index in [1.54, 1.807) is 25.3 Å². The molecule has 1 aromatic rings. The Morgan fingerprint density at radius 3 is 2.93 bits per heavy atom. The van der Waals surface area contributed by atoms with Crippen LogP contribution in [0.5, 0.6) is 5.75 Å². The third-order valence-electron chi connectivity index (χ3n) is 2.16. The number of carbonyl (C=O) groups excluding carboxylic acids is 1. The third-order valence-corrected chi connectivity index (χ3v) is 2.16. The first-order chi connectivity index (χ1) is 7.20. The van der Waals surface area contributed by atoms with E-state index in [-0.39, 0.29) is 5.91 Å². The van der Waals surface area contributed by atoms with Crippen molar-refractivity contribution in [2.45, 2.75) is 6.92 Å². The minimum absolute atomic E-state index is 0.105. The summed E-state index contributed by atoms with van der Waals surface area (Å²) in [6.07, 6.45) is 1.65. The van der Waals surface area contributed by atoms with Crippen LogP contribution in [0.3, 0.4) is 0 Å². The zero-order valence-corrected chi connectivity index (χ0v) is 9.04. The van der Waals surface area contributed by atoms with Crippen molar-refractivity contribution in [2.24, 2.45) is 0 Å². The Balaban J connectivity index is 2.93. The van der Waals surface area contributed by atoms with Crippen molar-refractivity contribution in [3.8, 4) is 5.75 Å². The van der Waals surface area contributed by atoms with Crippen LogP contribution < -0.4 is 10.1 Å². The van der Waals surface area contributed by atoms with Gasteiger partial charge in [0.2, 0.25) is 0 Å². The molecule has 15 heavy (non-hydrogen) atoms. The topological polar surface area (TPSA) is 38.3 Å². The molecule has 0 atom stereocenters. The molecule has 0 spiro atoms. The van der Waals surface area contributed by atoms with E-state index in [1.165, 1.54) is 0 Å². The van der Waals surface area contributed by atoms with Gasteiger partial charge in [-0.05, 0) is 19.1 Å². The van der Waals surface area contributed by atoms with Crippen LogP contribution in [0.25, 0.3) is 0 Å². The highest BCUT2D eigenvalue weighted by atomic mass is 16.5. The number of rotatable bonds is 4. The molecular weight excluding hydrogens is 190 g/mol. The van der Waals surface area contributed by atoms with E-state index in [0.717, 1.165) is 11.3 Å². The number of benzene rings is 1. The van der Waals surface area contributed by atoms with Crippen molar-refractivity contribution in [3.05, 3.63) is 42.0 Å². The molecule has 1 amide bonds. The Labute approximate surface area is 89.8 Å². The molecular formula is C12H15NO2. The van der Waals surface area contributed by atoms with Gasteiger partial charge in [0.05, 0.1) is 7.11 Å². The van der Waals surface area contributed by atoms with E-state index in [4.69, 9.17) is 4.74 Å². The highest BCUT2D eigenvalue weighted by Gasteiger charge is 2.10. The van der Waals surface area contributed by atoms with Crippen LogP contribution in [0.4, 0.5) is 0 Å². The fourth-order valence-corrected chi connectivity index (χ4v) is 1.34. The molecule has 0 aromatic heterocycles. The molecule has 0 aliphatic rings. The van der Waals surface area contributed by atoms with Gasteiger partial charge in [-0.15, -0.1) is 6.58 Å². The Morgan fingerprint density at radius 2 is 2.33 bits per heavy atom. The summed E-state index contributed by atoms with van der Waals surface area (Å²) in [5.41, 5.74) is 1.48. The molecule has 1 aromatic carbocycles. The summed E-state index contributed by atoms with van der Waals surface area (Å²) in [6.45, 7) is 5.87. The lowest BCUT2D eigenvalue weighted by atomic mass is 10.1. The zero-order valence-electron chi connectivity index (χ0n) is 9.04. The maximum Gasteiger partial charge on any atom is 0.251 e. The summed E-state index contributed by atoms with van der Waals surface area (Å²) in [7, 11) is 1.59. The van der Waals surface area contributed by atoms with Gasteiger partial charge in [0.15, 0.2) is 0 Å². The van der Waals surface area contributed by atoms with Crippen LogP contribution in [-0.2, 0) is 0 Å². The molecule has 1 N–H and O–H groups in total. The van der Waals surface area contributed by atoms with Gasteiger partial charge in [0.25, 0.3) is 5.91 Å². The fourth-order valence-electron chi connectivity index (χ4n) is 1.34. The maximum absolute atomic E-state index is 11.7. The molecule has 3 heteroatoms. The number of carbonyl (C=O) groups is 1. The molecule has 0 aliphatic carbocycles. The van der Waals surface area contributed by atoms with Crippen molar-refractivity contribution < 1.29 is 9.53 Å². The van der Waals surface area contributed by atoms with Crippen molar-refractivity contribution in [1.82, 2.24) is 5.32 Å². The van der Waals surface area contributed by atoms with E-state index >= 15 is 0 Å². The standard InChI is InChI=1S/C12H15NO2/c1-4-8-13-12(14)10-6-5-7-11(15-3)9(10)2/h4-7H,1,8H2,2-3H3,(H,13,14). The fraction of sp³-hybridized carbons (Fsp3) is 0.250. The lowest BCUT2D eigenvalue weighted by Crippen LogP contribution is -2.24. The zero-order chi connectivity index (χ0) is 11.3. The van der Waals surface area contributed by atoms with Gasteiger partial charge in [-0.3, -0.25) is 4.79 Å². The molecule has 0 heterocycles. The first-order valence-electron chi connectivity index (χ1n) is 4.73. The van der Waals surface area contributed by atoms with Crippen LogP contribution in [-0.4, -0.2) is 19.6 Å². The molecule has 0 radical (unpaired) electrons. The smallest absolute Gasteiger partial charge is 0.251 e. The second-order valence-corrected chi connectivity index (χ2v) is 3.13. The van der Waals surface area contributed by atoms with E-state index in [9.17, 15) is 4.79 Å². The van der Waals surface area contributed by atoms with Crippen molar-refractivity contribution in [2.75, 3.05) is 13.7 Å². The van der Waals surface area contributed by atoms with Crippen LogP contribution in [0.15, 0.2) is 30.9 Å². The van der Waals surface area contributed by atoms with Gasteiger partial charge in [0, 0.05) is 17.7 Å². The first-order valence-corrected chi connectivity index (χ1v) is 4.73. The Morgan fingerprint density at radius 1 is 1.60 bits per heavy atom. The Hall–Kier alpha value is -1.77. The molecule has 0 saturated carbocycles. The average molecular weight is 205 g/mol. The first kappa shape index (κ1) is 11.3. The number of nitrogens with one attached hydrogen (secondary N) is 1. The van der Waals surface area contributed by atoms with Crippen molar-refractivity contribution in [1.29, 1.82) is 0 Å². The summed E-state index contributed by atoms with van der Waals surface area (Å²) in [4.78, 5) is 11.7. The van der Waals surface area contributed by atoms with Gasteiger partial charge >= 0.3 is 0 Å². The van der Waals surface area contributed by atoms with Gasteiger partial charge in [-0.1, -0.05) is 12.1 Å². The average Bonchev–Trinajstić information content (AvgIpc) is 2.26. The second-order valence-electron chi connectivity index (χ2n) is 3.13. The highest BCUT2D eigenvalue weighted by Crippen LogP contribution is 2.20. The number of hydrogen-bond donors (Lipinski definition) is 1. The molecule has 0 fully saturated rings. The van der Waals surface area contributed by atoms with E-state index < -0.39 is 0 Å². The summed E-state index contributed by atoms with van der Waals surface area (Å²) in [6, 6.07) is 5.41. The van der Waals surface area contributed by atoms with E-state index in [1.807, 2.05) is 13.0 Å². The monoisotopic (exact) mass is 205 g/mol. The molecule has 0 unspecified atom stereocenters. The molecule has 3 nitrogen and oxygen atoms in total. The van der Waals surface area contributed by atoms with Gasteiger partial charge in [-0.25, -0.2) is 0 Å². The van der Waals surface area contributed by atoms with Crippen LogP contribution in [0.1, 0.15) is 15.9 Å². The van der Waals surface area contributed by atoms with Gasteiger partial charge in [0.1, 0.15) is 5.75 Å². The van der Waals surface area contributed by atoms with Crippen LogP contribution in [0, 0.1) is 6.92 Å². The molecule has 0 bridgehead atoms. The molecule has 0 saturated heterocycles. The summed E-state index contributed by atoms with van der Waals surface area (Å²) < 4.78 is 5.14. The van der Waals surface area contributed by atoms with Crippen molar-refractivity contribution in [3.63, 3.8) is 0 Å². The quantitative estimate of drug-likeness (QED) is 0.763. The lowest BCUT2D eigenvalue weighted by Gasteiger charge is -2.09. The molecule has 80 valence electrons. The normalized spacial score (nSPS) is 9.47. The summed E-state index contributed by atoms with van der Waals surface area (Å²) in [5.74, 6) is 0.618. The van der Waals surface area contributed by atoms with Crippen molar-refractivity contribution >= 4 is 5.91 Å². The highest BCUT2D eigenvalue weighted by molar-refractivity contribution is 5.96. The van der Waals surface area contributed by atoms with Gasteiger partial charge < -0.3 is 10.1 Å². The summed E-state index contributed by atoms with van der Waals surface area (Å²) in [5, 5.41) is 2.73. The maximum atomic E-state index is 11.7. The second kappa shape index (κ2) is 5.20. The number of methoxy groups -OCH3 is 1. The van der Waals surface area contributed by atoms with Crippen LogP contribution >= 0.6 is 0 Å². The van der Waals surface area contributed by atoms with Crippen LogP contribution in [0.2, 0.25) is 0 Å². The molecule has 1 rings (SSSR count). The number of hydrogen-bond acceptors (Lipinski definition) is 2. The van der Waals surface area contributed by atoms with E-state index in [0.29, 0.717) is 12.1 Å². The number of amides is 1. The third kappa shape index (κ3) is 2.59. The number of ether oxygens (including phenoxy) is 1. The Bertz CT molecular complexity index is 372. The minimum atomic E-state index is -0.105. The van der Waals surface area contributed by atoms with E-state index in [2.05, 4.69) is 11.9 Å². The molecule has 0 aliphatic heterocycles. The minimum Gasteiger partial charge on any atom is -0.496 e. The predicted octanol–water partition coefficient (Wildman–Crippen LogP) is 1.92. The SMILES string of the molecule is C=CCNC(=O)c1cccc(OC)c1C. The van der Waals surface area contributed by atoms with Gasteiger partial charge in [-0.2, -0.15) is 0 Å². The Kier molecular flexibility index (Phi) is 3.92.